The average molecular weight is 625 g/mol. The van der Waals surface area contributed by atoms with Crippen molar-refractivity contribution in [2.24, 2.45) is 0 Å². The van der Waals surface area contributed by atoms with Crippen molar-refractivity contribution >= 4 is 54.3 Å². The van der Waals surface area contributed by atoms with Crippen molar-refractivity contribution in [1.29, 1.82) is 0 Å². The lowest BCUT2D eigenvalue weighted by Gasteiger charge is -2.12. The molecule has 10 rings (SSSR count). The van der Waals surface area contributed by atoms with Gasteiger partial charge in [0.25, 0.3) is 0 Å². The Hall–Kier alpha value is -6.58. The lowest BCUT2D eigenvalue weighted by atomic mass is 9.92. The van der Waals surface area contributed by atoms with Crippen molar-refractivity contribution in [1.82, 2.24) is 9.97 Å². The first kappa shape index (κ1) is 27.5. The molecule has 49 heavy (non-hydrogen) atoms. The molecule has 0 radical (unpaired) electrons. The molecular formula is C46H28N2O. The highest BCUT2D eigenvalue weighted by Crippen LogP contribution is 2.40. The number of fused-ring (bicyclic) bond motifs is 9. The molecule has 10 aromatic rings. The van der Waals surface area contributed by atoms with Crippen molar-refractivity contribution < 1.29 is 4.42 Å². The fraction of sp³-hybridized carbons (Fsp3) is 0. The predicted octanol–water partition coefficient (Wildman–Crippen LogP) is 12.5. The van der Waals surface area contributed by atoms with Gasteiger partial charge in [-0.25, -0.2) is 9.97 Å². The molecule has 0 aliphatic heterocycles. The molecule has 0 fully saturated rings. The summed E-state index contributed by atoms with van der Waals surface area (Å²) in [6.07, 6.45) is 0. The van der Waals surface area contributed by atoms with Crippen LogP contribution in [0.4, 0.5) is 0 Å². The van der Waals surface area contributed by atoms with Crippen LogP contribution in [0.2, 0.25) is 0 Å². The molecule has 2 heterocycles. The summed E-state index contributed by atoms with van der Waals surface area (Å²) in [5.74, 6) is 0.684. The molecule has 0 spiro atoms. The first-order valence-electron chi connectivity index (χ1n) is 16.6. The van der Waals surface area contributed by atoms with E-state index >= 15 is 0 Å². The summed E-state index contributed by atoms with van der Waals surface area (Å²) >= 11 is 0. The summed E-state index contributed by atoms with van der Waals surface area (Å²) in [4.78, 5) is 10.1. The number of hydrogen-bond acceptors (Lipinski definition) is 3. The molecule has 3 nitrogen and oxygen atoms in total. The number of para-hydroxylation sites is 1. The minimum Gasteiger partial charge on any atom is -0.455 e. The Labute approximate surface area is 282 Å². The van der Waals surface area contributed by atoms with Gasteiger partial charge in [0.1, 0.15) is 11.2 Å². The Morgan fingerprint density at radius 3 is 1.55 bits per heavy atom. The van der Waals surface area contributed by atoms with Gasteiger partial charge in [0.2, 0.25) is 0 Å². The van der Waals surface area contributed by atoms with Crippen LogP contribution in [0.5, 0.6) is 0 Å². The first-order chi connectivity index (χ1) is 24.3. The number of rotatable bonds is 4. The van der Waals surface area contributed by atoms with Crippen LogP contribution in [0.15, 0.2) is 174 Å². The van der Waals surface area contributed by atoms with Crippen LogP contribution in [-0.2, 0) is 0 Å². The second-order valence-electron chi connectivity index (χ2n) is 12.5. The van der Waals surface area contributed by atoms with Gasteiger partial charge >= 0.3 is 0 Å². The summed E-state index contributed by atoms with van der Waals surface area (Å²) < 4.78 is 6.64. The largest absolute Gasteiger partial charge is 0.455 e. The Morgan fingerprint density at radius 2 is 0.857 bits per heavy atom. The summed E-state index contributed by atoms with van der Waals surface area (Å²) in [7, 11) is 0. The lowest BCUT2D eigenvalue weighted by molar-refractivity contribution is 0.670. The molecule has 0 aliphatic carbocycles. The maximum Gasteiger partial charge on any atom is 0.160 e. The van der Waals surface area contributed by atoms with E-state index in [1.54, 1.807) is 0 Å². The highest BCUT2D eigenvalue weighted by molar-refractivity contribution is 6.25. The third kappa shape index (κ3) is 4.51. The molecule has 0 N–H and O–H groups in total. The zero-order valence-corrected chi connectivity index (χ0v) is 26.5. The fourth-order valence-corrected chi connectivity index (χ4v) is 7.33. The van der Waals surface area contributed by atoms with Gasteiger partial charge in [-0.05, 0) is 73.8 Å². The third-order valence-corrected chi connectivity index (χ3v) is 9.68. The van der Waals surface area contributed by atoms with Crippen molar-refractivity contribution in [3.63, 3.8) is 0 Å². The maximum absolute atomic E-state index is 6.64. The predicted molar refractivity (Wildman–Crippen MR) is 204 cm³/mol. The van der Waals surface area contributed by atoms with Gasteiger partial charge in [-0.3, -0.25) is 0 Å². The second kappa shape index (κ2) is 11.0. The highest BCUT2D eigenvalue weighted by atomic mass is 16.3. The fourth-order valence-electron chi connectivity index (χ4n) is 7.33. The maximum atomic E-state index is 6.64. The first-order valence-corrected chi connectivity index (χ1v) is 16.6. The van der Waals surface area contributed by atoms with E-state index in [2.05, 4.69) is 133 Å². The van der Waals surface area contributed by atoms with Crippen molar-refractivity contribution in [2.75, 3.05) is 0 Å². The molecule has 0 aliphatic rings. The molecule has 8 aromatic carbocycles. The molecule has 2 aromatic heterocycles. The normalized spacial score (nSPS) is 11.7. The summed E-state index contributed by atoms with van der Waals surface area (Å²) in [6.45, 7) is 0. The molecule has 228 valence electrons. The van der Waals surface area contributed by atoms with Crippen LogP contribution in [0, 0.1) is 0 Å². The van der Waals surface area contributed by atoms with Gasteiger partial charge in [0.15, 0.2) is 5.82 Å². The zero-order chi connectivity index (χ0) is 32.3. The number of furan rings is 1. The average Bonchev–Trinajstić information content (AvgIpc) is 3.56. The van der Waals surface area contributed by atoms with Gasteiger partial charge in [-0.15, -0.1) is 0 Å². The highest BCUT2D eigenvalue weighted by Gasteiger charge is 2.17. The monoisotopic (exact) mass is 624 g/mol. The second-order valence-corrected chi connectivity index (χ2v) is 12.5. The molecule has 0 bridgehead atoms. The van der Waals surface area contributed by atoms with Gasteiger partial charge in [0.05, 0.1) is 11.4 Å². The topological polar surface area (TPSA) is 38.9 Å². The van der Waals surface area contributed by atoms with Crippen LogP contribution >= 0.6 is 0 Å². The quantitative estimate of drug-likeness (QED) is 0.183. The van der Waals surface area contributed by atoms with E-state index in [0.717, 1.165) is 55.6 Å². The molecule has 3 heteroatoms. The van der Waals surface area contributed by atoms with Crippen molar-refractivity contribution in [3.05, 3.63) is 170 Å². The van der Waals surface area contributed by atoms with Crippen LogP contribution < -0.4 is 0 Å². The SMILES string of the molecule is c1ccc(-c2cc(-c3cccc4c3oc3ccc(-c5ccc6c7ccccc7c7ccccc7c6c5)cc34)nc(-c3ccccc3)n2)cc1. The van der Waals surface area contributed by atoms with E-state index in [1.807, 2.05) is 36.4 Å². The van der Waals surface area contributed by atoms with E-state index in [4.69, 9.17) is 14.4 Å². The Morgan fingerprint density at radius 1 is 0.327 bits per heavy atom. The standard InChI is InChI=1S/C46H28N2O/c1-3-12-29(13-4-1)42-28-43(48-46(47-42)30-14-5-2-6-15-30)39-21-11-20-38-41-27-32(23-25-44(41)49-45(38)39)31-22-24-37-35-18-8-7-16-33(35)34-17-9-10-19-36(34)40(37)26-31/h1-28H. The Balaban J connectivity index is 1.14. The molecule has 0 amide bonds. The summed E-state index contributed by atoms with van der Waals surface area (Å²) in [5.41, 5.74) is 8.65. The summed E-state index contributed by atoms with van der Waals surface area (Å²) in [5, 5.41) is 9.80. The van der Waals surface area contributed by atoms with E-state index in [0.29, 0.717) is 5.82 Å². The lowest BCUT2D eigenvalue weighted by Crippen LogP contribution is -1.96. The van der Waals surface area contributed by atoms with Crippen molar-refractivity contribution in [2.45, 2.75) is 0 Å². The van der Waals surface area contributed by atoms with E-state index in [-0.39, 0.29) is 0 Å². The number of aromatic nitrogens is 2. The van der Waals surface area contributed by atoms with Crippen molar-refractivity contribution in [3.8, 4) is 45.0 Å². The van der Waals surface area contributed by atoms with Crippen LogP contribution in [-0.4, -0.2) is 9.97 Å². The van der Waals surface area contributed by atoms with Gasteiger partial charge in [-0.2, -0.15) is 0 Å². The summed E-state index contributed by atoms with van der Waals surface area (Å²) in [6, 6.07) is 59.7. The van der Waals surface area contributed by atoms with E-state index in [9.17, 15) is 0 Å². The van der Waals surface area contributed by atoms with E-state index in [1.165, 1.54) is 37.9 Å². The molecule has 0 atom stereocenters. The third-order valence-electron chi connectivity index (χ3n) is 9.68. The number of benzene rings is 8. The van der Waals surface area contributed by atoms with Crippen LogP contribution in [0.3, 0.4) is 0 Å². The smallest absolute Gasteiger partial charge is 0.160 e. The van der Waals surface area contributed by atoms with Gasteiger partial charge < -0.3 is 4.42 Å². The minimum absolute atomic E-state index is 0.684. The molecule has 0 unspecified atom stereocenters. The Kier molecular flexibility index (Phi) is 6.18. The van der Waals surface area contributed by atoms with E-state index < -0.39 is 0 Å². The van der Waals surface area contributed by atoms with Gasteiger partial charge in [-0.1, -0.05) is 140 Å². The molecular weight excluding hydrogens is 597 g/mol. The Bertz CT molecular complexity index is 2780. The number of hydrogen-bond donors (Lipinski definition) is 0. The number of nitrogens with zero attached hydrogens (tertiary/aromatic N) is 2. The molecule has 0 saturated carbocycles. The van der Waals surface area contributed by atoms with Crippen LogP contribution in [0.25, 0.3) is 99.3 Å². The minimum atomic E-state index is 0.684. The van der Waals surface area contributed by atoms with Gasteiger partial charge in [0, 0.05) is 27.5 Å². The molecule has 0 saturated heterocycles. The van der Waals surface area contributed by atoms with Crippen LogP contribution in [0.1, 0.15) is 0 Å². The zero-order valence-electron chi connectivity index (χ0n) is 26.5.